The molecule has 5 rings (SSSR count). The van der Waals surface area contributed by atoms with E-state index in [0.717, 1.165) is 43.9 Å². The van der Waals surface area contributed by atoms with E-state index in [4.69, 9.17) is 14.4 Å². The quantitative estimate of drug-likeness (QED) is 0.589. The normalized spacial score (nSPS) is 22.1. The van der Waals surface area contributed by atoms with Crippen molar-refractivity contribution in [3.63, 3.8) is 0 Å². The topological polar surface area (TPSA) is 113 Å². The van der Waals surface area contributed by atoms with E-state index in [-0.39, 0.29) is 18.4 Å². The number of aryl methyl sites for hydroxylation is 1. The van der Waals surface area contributed by atoms with Crippen LogP contribution in [-0.2, 0) is 18.4 Å². The number of carbonyl (C=O) groups is 2. The number of piperidine rings is 1. The summed E-state index contributed by atoms with van der Waals surface area (Å²) in [7, 11) is 2.03. The number of nitrogens with zero attached hydrogens (tertiary/aromatic N) is 4. The summed E-state index contributed by atoms with van der Waals surface area (Å²) in [6.45, 7) is 2.59. The number of imidazole rings is 1. The highest BCUT2D eigenvalue weighted by Crippen LogP contribution is 2.37. The van der Waals surface area contributed by atoms with E-state index in [1.165, 1.54) is 6.20 Å². The number of aromatic nitrogens is 3. The molecular weight excluding hydrogens is 410 g/mol. The molecule has 3 aromatic rings. The van der Waals surface area contributed by atoms with Crippen molar-refractivity contribution in [3.05, 3.63) is 60.3 Å². The van der Waals surface area contributed by atoms with Crippen LogP contribution >= 0.6 is 0 Å². The van der Waals surface area contributed by atoms with E-state index in [9.17, 15) is 4.79 Å². The first kappa shape index (κ1) is 21.8. The van der Waals surface area contributed by atoms with Gasteiger partial charge in [0.15, 0.2) is 5.76 Å². The number of carboxylic acid groups (broad SMARTS) is 1. The fraction of sp³-hybridized carbons (Fsp3) is 0.391. The van der Waals surface area contributed by atoms with Crippen molar-refractivity contribution in [1.29, 1.82) is 0 Å². The number of rotatable bonds is 5. The van der Waals surface area contributed by atoms with Crippen molar-refractivity contribution in [3.8, 4) is 11.3 Å². The lowest BCUT2D eigenvalue weighted by atomic mass is 9.91. The Bertz CT molecular complexity index is 1030. The number of benzene rings is 1. The van der Waals surface area contributed by atoms with Gasteiger partial charge in [0.2, 0.25) is 0 Å². The number of fused-ring (bicyclic) bond motifs is 2. The van der Waals surface area contributed by atoms with Crippen LogP contribution in [0.4, 0.5) is 0 Å². The van der Waals surface area contributed by atoms with Crippen LogP contribution in [0.1, 0.15) is 29.0 Å². The van der Waals surface area contributed by atoms with Crippen molar-refractivity contribution < 1.29 is 19.2 Å². The predicted molar refractivity (Wildman–Crippen MR) is 117 cm³/mol. The SMILES string of the molecule is Cn1ccnc1CN1C[C@H]2CC[C@@H](C1)C2NC(=O)c1cnoc1-c1ccccc1.O=CO. The van der Waals surface area contributed by atoms with Crippen LogP contribution in [0.2, 0.25) is 0 Å². The van der Waals surface area contributed by atoms with Gasteiger partial charge in [-0.2, -0.15) is 0 Å². The number of hydrogen-bond donors (Lipinski definition) is 2. The van der Waals surface area contributed by atoms with Gasteiger partial charge < -0.3 is 19.5 Å². The van der Waals surface area contributed by atoms with Crippen LogP contribution < -0.4 is 5.32 Å². The Morgan fingerprint density at radius 1 is 1.25 bits per heavy atom. The average Bonchev–Trinajstić information content (AvgIpc) is 3.49. The van der Waals surface area contributed by atoms with Crippen molar-refractivity contribution in [1.82, 2.24) is 24.9 Å². The standard InChI is InChI=1S/C22H25N5O2.CH2O2/c1-26-10-9-23-19(26)14-27-12-16-7-8-17(13-27)20(16)25-22(28)18-11-24-29-21(18)15-5-3-2-4-6-15;2-1-3/h2-6,9-11,16-17,20H,7-8,12-14H2,1H3,(H,25,28);1H,(H,2,3)/t16-,17+,20?;. The Morgan fingerprint density at radius 2 is 1.94 bits per heavy atom. The van der Waals surface area contributed by atoms with Gasteiger partial charge in [0.05, 0.1) is 12.7 Å². The molecule has 2 bridgehead atoms. The molecule has 0 radical (unpaired) electrons. The van der Waals surface area contributed by atoms with Gasteiger partial charge in [-0.25, -0.2) is 4.98 Å². The maximum Gasteiger partial charge on any atom is 0.290 e. The van der Waals surface area contributed by atoms with Gasteiger partial charge in [-0.05, 0) is 24.7 Å². The molecule has 1 aliphatic heterocycles. The lowest BCUT2D eigenvalue weighted by Crippen LogP contribution is -2.52. The van der Waals surface area contributed by atoms with Crippen molar-refractivity contribution in [2.24, 2.45) is 18.9 Å². The van der Waals surface area contributed by atoms with Crippen molar-refractivity contribution in [2.75, 3.05) is 13.1 Å². The maximum atomic E-state index is 13.0. The Labute approximate surface area is 186 Å². The summed E-state index contributed by atoms with van der Waals surface area (Å²) in [4.78, 5) is 28.3. The van der Waals surface area contributed by atoms with Gasteiger partial charge in [0, 0.05) is 44.1 Å². The minimum atomic E-state index is -0.250. The van der Waals surface area contributed by atoms with Crippen LogP contribution in [-0.4, -0.2) is 56.2 Å². The lowest BCUT2D eigenvalue weighted by molar-refractivity contribution is -0.122. The molecule has 1 saturated heterocycles. The van der Waals surface area contributed by atoms with Crippen LogP contribution in [0.25, 0.3) is 11.3 Å². The summed E-state index contributed by atoms with van der Waals surface area (Å²) in [6.07, 6.45) is 7.67. The molecule has 2 aromatic heterocycles. The Kier molecular flexibility index (Phi) is 6.65. The molecule has 9 nitrogen and oxygen atoms in total. The first-order chi connectivity index (χ1) is 15.6. The monoisotopic (exact) mass is 437 g/mol. The maximum absolute atomic E-state index is 13.0. The number of amides is 1. The Morgan fingerprint density at radius 3 is 2.56 bits per heavy atom. The van der Waals surface area contributed by atoms with Gasteiger partial charge in [0.1, 0.15) is 11.4 Å². The smallest absolute Gasteiger partial charge is 0.290 e. The van der Waals surface area contributed by atoms with Crippen LogP contribution in [0.3, 0.4) is 0 Å². The molecule has 2 fully saturated rings. The summed E-state index contributed by atoms with van der Waals surface area (Å²) in [5.74, 6) is 2.46. The summed E-state index contributed by atoms with van der Waals surface area (Å²) in [5.41, 5.74) is 1.37. The molecule has 1 amide bonds. The van der Waals surface area contributed by atoms with Crippen LogP contribution in [0.15, 0.2) is 53.4 Å². The highest BCUT2D eigenvalue weighted by Gasteiger charge is 2.43. The van der Waals surface area contributed by atoms with Gasteiger partial charge in [0.25, 0.3) is 12.4 Å². The first-order valence-electron chi connectivity index (χ1n) is 10.7. The molecule has 9 heteroatoms. The molecule has 1 saturated carbocycles. The van der Waals surface area contributed by atoms with Gasteiger partial charge in [-0.1, -0.05) is 35.5 Å². The first-order valence-corrected chi connectivity index (χ1v) is 10.7. The minimum Gasteiger partial charge on any atom is -0.483 e. The highest BCUT2D eigenvalue weighted by atomic mass is 16.5. The Balaban J connectivity index is 0.000000775. The van der Waals surface area contributed by atoms with E-state index >= 15 is 0 Å². The molecule has 2 N–H and O–H groups in total. The minimum absolute atomic E-state index is 0.0930. The van der Waals surface area contributed by atoms with Gasteiger partial charge in [-0.15, -0.1) is 0 Å². The second kappa shape index (κ2) is 9.78. The number of nitrogens with one attached hydrogen (secondary N) is 1. The molecule has 1 aromatic carbocycles. The molecule has 1 unspecified atom stereocenters. The number of carbonyl (C=O) groups excluding carboxylic acids is 1. The second-order valence-corrected chi connectivity index (χ2v) is 8.29. The molecule has 32 heavy (non-hydrogen) atoms. The van der Waals surface area contributed by atoms with Crippen LogP contribution in [0.5, 0.6) is 0 Å². The highest BCUT2D eigenvalue weighted by molar-refractivity contribution is 5.99. The van der Waals surface area contributed by atoms with E-state index in [1.807, 2.05) is 49.8 Å². The van der Waals surface area contributed by atoms with Crippen LogP contribution in [0, 0.1) is 11.8 Å². The number of hydrogen-bond acceptors (Lipinski definition) is 6. The third-order valence-corrected chi connectivity index (χ3v) is 6.34. The molecule has 1 aliphatic carbocycles. The predicted octanol–water partition coefficient (Wildman–Crippen LogP) is 2.42. The number of likely N-dealkylation sites (tertiary alicyclic amines) is 1. The zero-order valence-corrected chi connectivity index (χ0v) is 17.9. The average molecular weight is 438 g/mol. The van der Waals surface area contributed by atoms with E-state index in [0.29, 0.717) is 23.2 Å². The van der Waals surface area contributed by atoms with E-state index < -0.39 is 0 Å². The fourth-order valence-electron chi connectivity index (χ4n) is 4.86. The Hall–Kier alpha value is -3.46. The van der Waals surface area contributed by atoms with E-state index in [2.05, 4.69) is 24.9 Å². The molecule has 3 atom stereocenters. The lowest BCUT2D eigenvalue weighted by Gasteiger charge is -2.38. The van der Waals surface area contributed by atoms with Gasteiger partial charge >= 0.3 is 0 Å². The molecule has 0 spiro atoms. The summed E-state index contributed by atoms with van der Waals surface area (Å²) in [5, 5.41) is 14.1. The molecular formula is C23H27N5O4. The fourth-order valence-corrected chi connectivity index (χ4v) is 4.86. The summed E-state index contributed by atoms with van der Waals surface area (Å²) in [6, 6.07) is 9.86. The van der Waals surface area contributed by atoms with Crippen molar-refractivity contribution in [2.45, 2.75) is 25.4 Å². The summed E-state index contributed by atoms with van der Waals surface area (Å²) < 4.78 is 7.47. The molecule has 2 aliphatic rings. The third kappa shape index (κ3) is 4.57. The van der Waals surface area contributed by atoms with Gasteiger partial charge in [-0.3, -0.25) is 14.5 Å². The molecule has 3 heterocycles. The summed E-state index contributed by atoms with van der Waals surface area (Å²) >= 11 is 0. The third-order valence-electron chi connectivity index (χ3n) is 6.34. The largest absolute Gasteiger partial charge is 0.483 e. The molecule has 168 valence electrons. The van der Waals surface area contributed by atoms with Crippen molar-refractivity contribution >= 4 is 12.4 Å². The second-order valence-electron chi connectivity index (χ2n) is 8.29. The zero-order valence-electron chi connectivity index (χ0n) is 17.9. The zero-order chi connectivity index (χ0) is 22.5. The van der Waals surface area contributed by atoms with E-state index in [1.54, 1.807) is 0 Å².